The van der Waals surface area contributed by atoms with Crippen molar-refractivity contribution in [3.05, 3.63) is 40.3 Å². The number of nitrogens with zero attached hydrogens (tertiary/aromatic N) is 3. The summed E-state index contributed by atoms with van der Waals surface area (Å²) in [5.41, 5.74) is 2.33. The van der Waals surface area contributed by atoms with Crippen LogP contribution in [0.2, 0.25) is 0 Å². The van der Waals surface area contributed by atoms with Crippen molar-refractivity contribution in [3.8, 4) is 0 Å². The highest BCUT2D eigenvalue weighted by Gasteiger charge is 2.23. The zero-order valence-electron chi connectivity index (χ0n) is 10.2. The number of aromatic nitrogens is 2. The van der Waals surface area contributed by atoms with E-state index in [1.165, 1.54) is 5.56 Å². The molecular weight excluding hydrogens is 246 g/mol. The quantitative estimate of drug-likeness (QED) is 0.832. The molecule has 4 nitrogen and oxygen atoms in total. The molecule has 1 aliphatic rings. The Morgan fingerprint density at radius 3 is 2.94 bits per heavy atom. The Kier molecular flexibility index (Phi) is 3.25. The third-order valence-electron chi connectivity index (χ3n) is 3.03. The van der Waals surface area contributed by atoms with Crippen molar-refractivity contribution in [3.63, 3.8) is 0 Å². The molecule has 18 heavy (non-hydrogen) atoms. The SMILES string of the molecule is Cc1cnc(N2CCOC(c3ccsc3)C2)nc1. The lowest BCUT2D eigenvalue weighted by Crippen LogP contribution is -2.39. The minimum Gasteiger partial charge on any atom is -0.370 e. The monoisotopic (exact) mass is 261 g/mol. The molecular formula is C13H15N3OS. The van der Waals surface area contributed by atoms with Crippen LogP contribution in [0.1, 0.15) is 17.2 Å². The third-order valence-corrected chi connectivity index (χ3v) is 3.73. The zero-order chi connectivity index (χ0) is 12.4. The zero-order valence-corrected chi connectivity index (χ0v) is 11.1. The number of morpholine rings is 1. The second-order valence-electron chi connectivity index (χ2n) is 4.42. The molecule has 0 N–H and O–H groups in total. The molecule has 1 unspecified atom stereocenters. The maximum absolute atomic E-state index is 5.81. The van der Waals surface area contributed by atoms with Gasteiger partial charge in [0.1, 0.15) is 6.10 Å². The van der Waals surface area contributed by atoms with Crippen molar-refractivity contribution in [1.29, 1.82) is 0 Å². The van der Waals surface area contributed by atoms with Gasteiger partial charge in [0.25, 0.3) is 0 Å². The Morgan fingerprint density at radius 1 is 1.39 bits per heavy atom. The highest BCUT2D eigenvalue weighted by Crippen LogP contribution is 2.25. The first-order valence-corrected chi connectivity index (χ1v) is 6.94. The standard InChI is InChI=1S/C13H15N3OS/c1-10-6-14-13(15-7-10)16-3-4-17-12(8-16)11-2-5-18-9-11/h2,5-7,9,12H,3-4,8H2,1H3. The molecule has 1 fully saturated rings. The summed E-state index contributed by atoms with van der Waals surface area (Å²) in [7, 11) is 0. The van der Waals surface area contributed by atoms with E-state index in [-0.39, 0.29) is 6.10 Å². The van der Waals surface area contributed by atoms with Gasteiger partial charge in [0.15, 0.2) is 0 Å². The van der Waals surface area contributed by atoms with Crippen LogP contribution in [0, 0.1) is 6.92 Å². The van der Waals surface area contributed by atoms with Crippen LogP contribution in [0.4, 0.5) is 5.95 Å². The van der Waals surface area contributed by atoms with Crippen LogP contribution >= 0.6 is 11.3 Å². The lowest BCUT2D eigenvalue weighted by Gasteiger charge is -2.32. The van der Waals surface area contributed by atoms with Gasteiger partial charge in [-0.2, -0.15) is 11.3 Å². The molecule has 2 aromatic rings. The predicted molar refractivity (Wildman–Crippen MR) is 72.0 cm³/mol. The molecule has 0 bridgehead atoms. The number of thiophene rings is 1. The summed E-state index contributed by atoms with van der Waals surface area (Å²) in [6, 6.07) is 2.12. The van der Waals surface area contributed by atoms with Gasteiger partial charge in [0.2, 0.25) is 5.95 Å². The number of ether oxygens (including phenoxy) is 1. The van der Waals surface area contributed by atoms with Gasteiger partial charge in [0, 0.05) is 18.9 Å². The maximum Gasteiger partial charge on any atom is 0.225 e. The Labute approximate surface area is 110 Å². The molecule has 0 amide bonds. The van der Waals surface area contributed by atoms with Crippen LogP contribution in [0.3, 0.4) is 0 Å². The third kappa shape index (κ3) is 2.37. The first-order valence-electron chi connectivity index (χ1n) is 6.00. The number of hydrogen-bond donors (Lipinski definition) is 0. The molecule has 2 aromatic heterocycles. The summed E-state index contributed by atoms with van der Waals surface area (Å²) >= 11 is 1.70. The van der Waals surface area contributed by atoms with E-state index in [2.05, 4.69) is 31.7 Å². The highest BCUT2D eigenvalue weighted by molar-refractivity contribution is 7.07. The van der Waals surface area contributed by atoms with Crippen LogP contribution in [0.25, 0.3) is 0 Å². The summed E-state index contributed by atoms with van der Waals surface area (Å²) < 4.78 is 5.81. The molecule has 0 aliphatic carbocycles. The van der Waals surface area contributed by atoms with Crippen molar-refractivity contribution in [1.82, 2.24) is 9.97 Å². The largest absolute Gasteiger partial charge is 0.370 e. The summed E-state index contributed by atoms with van der Waals surface area (Å²) in [6.45, 7) is 4.39. The molecule has 1 aliphatic heterocycles. The molecule has 94 valence electrons. The van der Waals surface area contributed by atoms with E-state index in [4.69, 9.17) is 4.74 Å². The molecule has 3 rings (SSSR count). The molecule has 1 saturated heterocycles. The Morgan fingerprint density at radius 2 is 2.22 bits per heavy atom. The fourth-order valence-corrected chi connectivity index (χ4v) is 2.74. The smallest absolute Gasteiger partial charge is 0.225 e. The van der Waals surface area contributed by atoms with Gasteiger partial charge < -0.3 is 9.64 Å². The van der Waals surface area contributed by atoms with E-state index in [0.29, 0.717) is 0 Å². The minimum absolute atomic E-state index is 0.134. The normalized spacial score (nSPS) is 20.1. The second kappa shape index (κ2) is 5.04. The summed E-state index contributed by atoms with van der Waals surface area (Å²) in [6.07, 6.45) is 3.85. The van der Waals surface area contributed by atoms with Crippen molar-refractivity contribution in [2.45, 2.75) is 13.0 Å². The van der Waals surface area contributed by atoms with Crippen LogP contribution in [0.5, 0.6) is 0 Å². The molecule has 3 heterocycles. The maximum atomic E-state index is 5.81. The van der Waals surface area contributed by atoms with Gasteiger partial charge in [0.05, 0.1) is 13.2 Å². The van der Waals surface area contributed by atoms with Crippen LogP contribution in [-0.4, -0.2) is 29.7 Å². The van der Waals surface area contributed by atoms with E-state index in [9.17, 15) is 0 Å². The van der Waals surface area contributed by atoms with Crippen molar-refractivity contribution < 1.29 is 4.74 Å². The van der Waals surface area contributed by atoms with Crippen molar-refractivity contribution in [2.24, 2.45) is 0 Å². The van der Waals surface area contributed by atoms with E-state index >= 15 is 0 Å². The number of aryl methyl sites for hydroxylation is 1. The van der Waals surface area contributed by atoms with E-state index < -0.39 is 0 Å². The molecule has 1 atom stereocenters. The van der Waals surface area contributed by atoms with Crippen molar-refractivity contribution in [2.75, 3.05) is 24.6 Å². The number of rotatable bonds is 2. The topological polar surface area (TPSA) is 38.2 Å². The van der Waals surface area contributed by atoms with Crippen molar-refractivity contribution >= 4 is 17.3 Å². The van der Waals surface area contributed by atoms with Gasteiger partial charge in [-0.3, -0.25) is 0 Å². The fourth-order valence-electron chi connectivity index (χ4n) is 2.04. The van der Waals surface area contributed by atoms with Crippen LogP contribution < -0.4 is 4.90 Å². The fraction of sp³-hybridized carbons (Fsp3) is 0.385. The van der Waals surface area contributed by atoms with Gasteiger partial charge >= 0.3 is 0 Å². The Bertz CT molecular complexity index is 497. The molecule has 0 radical (unpaired) electrons. The van der Waals surface area contributed by atoms with Gasteiger partial charge in [-0.05, 0) is 34.9 Å². The molecule has 0 saturated carbocycles. The van der Waals surface area contributed by atoms with Gasteiger partial charge in [-0.25, -0.2) is 9.97 Å². The van der Waals surface area contributed by atoms with E-state index in [0.717, 1.165) is 31.2 Å². The molecule has 0 spiro atoms. The highest BCUT2D eigenvalue weighted by atomic mass is 32.1. The van der Waals surface area contributed by atoms with Gasteiger partial charge in [-0.15, -0.1) is 0 Å². The first-order chi connectivity index (χ1) is 8.83. The first kappa shape index (κ1) is 11.6. The van der Waals surface area contributed by atoms with Crippen LogP contribution in [0.15, 0.2) is 29.2 Å². The number of hydrogen-bond acceptors (Lipinski definition) is 5. The lowest BCUT2D eigenvalue weighted by molar-refractivity contribution is 0.0395. The second-order valence-corrected chi connectivity index (χ2v) is 5.20. The van der Waals surface area contributed by atoms with E-state index in [1.807, 2.05) is 19.3 Å². The minimum atomic E-state index is 0.134. The Balaban J connectivity index is 1.76. The molecule has 0 aromatic carbocycles. The average molecular weight is 261 g/mol. The number of anilines is 1. The van der Waals surface area contributed by atoms with Gasteiger partial charge in [-0.1, -0.05) is 0 Å². The van der Waals surface area contributed by atoms with E-state index in [1.54, 1.807) is 11.3 Å². The average Bonchev–Trinajstić information content (AvgIpc) is 2.94. The lowest BCUT2D eigenvalue weighted by atomic mass is 10.1. The predicted octanol–water partition coefficient (Wildman–Crippen LogP) is 2.42. The van der Waals surface area contributed by atoms with Crippen LogP contribution in [-0.2, 0) is 4.74 Å². The summed E-state index contributed by atoms with van der Waals surface area (Å²) in [5, 5.41) is 4.23. The summed E-state index contributed by atoms with van der Waals surface area (Å²) in [4.78, 5) is 10.9. The summed E-state index contributed by atoms with van der Waals surface area (Å²) in [5.74, 6) is 0.795. The Hall–Kier alpha value is -1.46. The molecule has 5 heteroatoms.